The van der Waals surface area contributed by atoms with E-state index < -0.39 is 37.3 Å². The third-order valence-corrected chi connectivity index (χ3v) is 6.19. The molecule has 190 valence electrons. The summed E-state index contributed by atoms with van der Waals surface area (Å²) in [5.41, 5.74) is 1.88. The van der Waals surface area contributed by atoms with E-state index in [1.54, 1.807) is 6.20 Å². The lowest BCUT2D eigenvalue weighted by molar-refractivity contribution is -0.303. The third-order valence-electron chi connectivity index (χ3n) is 5.89. The van der Waals surface area contributed by atoms with Gasteiger partial charge in [0.2, 0.25) is 0 Å². The molecular weight excluding hydrogens is 460 g/mol. The van der Waals surface area contributed by atoms with Crippen molar-refractivity contribution in [1.82, 2.24) is 15.2 Å². The maximum atomic E-state index is 10.0. The number of anilines is 1. The Morgan fingerprint density at radius 3 is 2.32 bits per heavy atom. The Labute approximate surface area is 205 Å². The van der Waals surface area contributed by atoms with Gasteiger partial charge in [-0.15, -0.1) is 17.7 Å². The topological polar surface area (TPSA) is 142 Å². The first kappa shape index (κ1) is 26.7. The Kier molecular flexibility index (Phi) is 10.9. The number of thiol groups is 1. The molecule has 2 aromatic rings. The summed E-state index contributed by atoms with van der Waals surface area (Å²) in [6, 6.07) is 8.06. The van der Waals surface area contributed by atoms with Crippen LogP contribution in [0.1, 0.15) is 50.6 Å². The van der Waals surface area contributed by atoms with Crippen molar-refractivity contribution < 1.29 is 30.0 Å². The Hall–Kier alpha value is -1.89. The number of unbranched alkanes of at least 4 members (excludes halogenated alkanes) is 6. The smallest absolute Gasteiger partial charge is 0.256 e. The van der Waals surface area contributed by atoms with Crippen LogP contribution >= 0.6 is 12.6 Å². The van der Waals surface area contributed by atoms with Gasteiger partial charge in [0.25, 0.3) is 6.29 Å². The minimum absolute atomic E-state index is 0.518. The zero-order valence-electron chi connectivity index (χ0n) is 19.2. The third kappa shape index (κ3) is 8.10. The van der Waals surface area contributed by atoms with Crippen molar-refractivity contribution in [1.29, 1.82) is 0 Å². The molecule has 34 heavy (non-hydrogen) atoms. The Morgan fingerprint density at radius 1 is 0.941 bits per heavy atom. The summed E-state index contributed by atoms with van der Waals surface area (Å²) in [5, 5.41) is 50.3. The van der Waals surface area contributed by atoms with E-state index >= 15 is 0 Å². The van der Waals surface area contributed by atoms with E-state index in [4.69, 9.17) is 9.57 Å². The minimum Gasteiger partial charge on any atom is -0.394 e. The molecule has 0 radical (unpaired) electrons. The highest BCUT2D eigenvalue weighted by atomic mass is 32.1. The van der Waals surface area contributed by atoms with Crippen LogP contribution in [0.5, 0.6) is 0 Å². The highest BCUT2D eigenvalue weighted by molar-refractivity contribution is 7.80. The van der Waals surface area contributed by atoms with Gasteiger partial charge in [-0.05, 0) is 48.7 Å². The minimum atomic E-state index is -1.50. The molecular formula is C23H36N4O6S. The number of aromatic nitrogens is 3. The van der Waals surface area contributed by atoms with Gasteiger partial charge < -0.3 is 35.3 Å². The molecule has 1 aliphatic heterocycles. The predicted octanol–water partition coefficient (Wildman–Crippen LogP) is 1.18. The van der Waals surface area contributed by atoms with Gasteiger partial charge in [-0.3, -0.25) is 0 Å². The molecule has 1 saturated heterocycles. The molecule has 2 heterocycles. The van der Waals surface area contributed by atoms with Gasteiger partial charge in [-0.2, -0.15) is 0 Å². The van der Waals surface area contributed by atoms with Crippen LogP contribution in [0.15, 0.2) is 35.4 Å². The summed E-state index contributed by atoms with van der Waals surface area (Å²) in [4.78, 5) is 7.45. The number of nitrogens with one attached hydrogen (secondary N) is 1. The Bertz CT molecular complexity index is 837. The molecule has 3 rings (SSSR count). The second kappa shape index (κ2) is 13.9. The first-order valence-corrected chi connectivity index (χ1v) is 12.3. The molecule has 1 aliphatic rings. The number of hydrogen-bond acceptors (Lipinski definition) is 10. The summed E-state index contributed by atoms with van der Waals surface area (Å²) in [7, 11) is 0. The van der Waals surface area contributed by atoms with Crippen LogP contribution in [0.4, 0.5) is 5.69 Å². The van der Waals surface area contributed by atoms with Crippen molar-refractivity contribution in [2.24, 2.45) is 0 Å². The zero-order chi connectivity index (χ0) is 24.3. The summed E-state index contributed by atoms with van der Waals surface area (Å²) in [6.45, 7) is 0.460. The SMILES string of the molecule is OC[C@H]1O[C@@H](On2cc(CCCCCCCCCNc3ccc(S)cc3)nn2)[C@H](O)[C@@H](O)[C@@H]1O. The number of aliphatic hydroxyl groups is 4. The van der Waals surface area contributed by atoms with E-state index in [2.05, 4.69) is 28.3 Å². The lowest BCUT2D eigenvalue weighted by Crippen LogP contribution is -2.61. The van der Waals surface area contributed by atoms with Crippen LogP contribution in [-0.4, -0.2) is 79.4 Å². The summed E-state index contributed by atoms with van der Waals surface area (Å²) >= 11 is 4.29. The number of benzene rings is 1. The molecule has 11 heteroatoms. The molecule has 1 aromatic carbocycles. The van der Waals surface area contributed by atoms with Crippen LogP contribution in [-0.2, 0) is 11.2 Å². The number of aliphatic hydroxyl groups excluding tert-OH is 4. The zero-order valence-corrected chi connectivity index (χ0v) is 20.1. The van der Waals surface area contributed by atoms with Crippen molar-refractivity contribution in [3.05, 3.63) is 36.2 Å². The quantitative estimate of drug-likeness (QED) is 0.168. The van der Waals surface area contributed by atoms with Gasteiger partial charge in [0, 0.05) is 17.1 Å². The van der Waals surface area contributed by atoms with E-state index in [1.165, 1.54) is 25.7 Å². The monoisotopic (exact) mass is 496 g/mol. The molecule has 10 nitrogen and oxygen atoms in total. The number of hydrogen-bond donors (Lipinski definition) is 6. The van der Waals surface area contributed by atoms with E-state index in [0.29, 0.717) is 0 Å². The van der Waals surface area contributed by atoms with Gasteiger partial charge in [0.15, 0.2) is 0 Å². The number of rotatable bonds is 14. The summed E-state index contributed by atoms with van der Waals surface area (Å²) in [5.74, 6) is 0. The summed E-state index contributed by atoms with van der Waals surface area (Å²) in [6.07, 6.45) is 3.68. The largest absolute Gasteiger partial charge is 0.394 e. The molecule has 0 unspecified atom stereocenters. The van der Waals surface area contributed by atoms with Crippen LogP contribution < -0.4 is 10.2 Å². The van der Waals surface area contributed by atoms with Crippen LogP contribution in [0, 0.1) is 0 Å². The second-order valence-electron chi connectivity index (χ2n) is 8.61. The average molecular weight is 497 g/mol. The molecule has 5 N–H and O–H groups in total. The van der Waals surface area contributed by atoms with Gasteiger partial charge in [-0.25, -0.2) is 0 Å². The Balaban J connectivity index is 1.23. The van der Waals surface area contributed by atoms with E-state index in [0.717, 1.165) is 53.3 Å². The summed E-state index contributed by atoms with van der Waals surface area (Å²) < 4.78 is 5.30. The van der Waals surface area contributed by atoms with Crippen molar-refractivity contribution in [3.8, 4) is 0 Å². The highest BCUT2D eigenvalue weighted by Crippen LogP contribution is 2.20. The van der Waals surface area contributed by atoms with Crippen LogP contribution in [0.3, 0.4) is 0 Å². The van der Waals surface area contributed by atoms with Crippen LogP contribution in [0.25, 0.3) is 0 Å². The highest BCUT2D eigenvalue weighted by Gasteiger charge is 2.45. The first-order chi connectivity index (χ1) is 16.5. The maximum Gasteiger partial charge on any atom is 0.256 e. The van der Waals surface area contributed by atoms with Gasteiger partial charge in [0.1, 0.15) is 24.4 Å². The van der Waals surface area contributed by atoms with Gasteiger partial charge in [0.05, 0.1) is 18.5 Å². The maximum absolute atomic E-state index is 10.0. The molecule has 0 amide bonds. The van der Waals surface area contributed by atoms with Crippen molar-refractivity contribution in [2.75, 3.05) is 18.5 Å². The number of nitrogens with zero attached hydrogens (tertiary/aromatic N) is 3. The Morgan fingerprint density at radius 2 is 1.62 bits per heavy atom. The molecule has 5 atom stereocenters. The van der Waals surface area contributed by atoms with E-state index in [1.807, 2.05) is 24.3 Å². The predicted molar refractivity (Wildman–Crippen MR) is 129 cm³/mol. The molecule has 1 aromatic heterocycles. The van der Waals surface area contributed by atoms with Crippen molar-refractivity contribution in [2.45, 2.75) is 87.0 Å². The fourth-order valence-corrected chi connectivity index (χ4v) is 3.98. The first-order valence-electron chi connectivity index (χ1n) is 11.9. The number of aryl methyl sites for hydroxylation is 1. The van der Waals surface area contributed by atoms with E-state index in [9.17, 15) is 20.4 Å². The van der Waals surface area contributed by atoms with Crippen LogP contribution in [0.2, 0.25) is 0 Å². The standard InChI is InChI=1S/C23H36N4O6S/c28-15-19-20(29)21(30)22(31)23(32-19)33-27-14-17(25-26-27)8-6-4-2-1-3-5-7-13-24-16-9-11-18(34)12-10-16/h9-12,14,19-24,28-31,34H,1-8,13,15H2/t19-,20-,21+,22-,23+/m1/s1. The van der Waals surface area contributed by atoms with Crippen molar-refractivity contribution in [3.63, 3.8) is 0 Å². The molecule has 1 fully saturated rings. The lowest BCUT2D eigenvalue weighted by Gasteiger charge is -2.38. The normalized spacial score (nSPS) is 24.8. The fraction of sp³-hybridized carbons (Fsp3) is 0.652. The molecule has 0 saturated carbocycles. The number of ether oxygens (including phenoxy) is 1. The van der Waals surface area contributed by atoms with E-state index in [-0.39, 0.29) is 0 Å². The van der Waals surface area contributed by atoms with Gasteiger partial charge in [-0.1, -0.05) is 36.9 Å². The van der Waals surface area contributed by atoms with Crippen molar-refractivity contribution >= 4 is 18.3 Å². The van der Waals surface area contributed by atoms with Gasteiger partial charge >= 0.3 is 0 Å². The molecule has 0 bridgehead atoms. The average Bonchev–Trinajstić information content (AvgIpc) is 3.29. The second-order valence-corrected chi connectivity index (χ2v) is 9.13. The molecule has 0 spiro atoms. The lowest BCUT2D eigenvalue weighted by atomic mass is 9.99. The molecule has 0 aliphatic carbocycles. The fourth-order valence-electron chi connectivity index (χ4n) is 3.83.